The van der Waals surface area contributed by atoms with Gasteiger partial charge in [-0.05, 0) is 11.1 Å². The van der Waals surface area contributed by atoms with Crippen LogP contribution in [0.2, 0.25) is 0 Å². The molecule has 7 heteroatoms. The molecule has 2 aromatic carbocycles. The van der Waals surface area contributed by atoms with Gasteiger partial charge in [-0.2, -0.15) is 0 Å². The van der Waals surface area contributed by atoms with Crippen molar-refractivity contribution in [3.63, 3.8) is 0 Å². The van der Waals surface area contributed by atoms with Crippen molar-refractivity contribution in [1.29, 1.82) is 0 Å². The summed E-state index contributed by atoms with van der Waals surface area (Å²) in [7, 11) is 0. The molecule has 0 radical (unpaired) electrons. The standard InChI is InChI=1S/C23H28N2O5/c1-23(2,15-26)20(28)22(30)24-14-13-18(27)21(29)25-19(16-9-5-3-6-10-16)17-11-7-4-8-12-17/h3-12,19-20,26,28H,13-15H2,1-2H3,(H,24,30)(H,25,29)/t20-/m0/s1. The molecule has 30 heavy (non-hydrogen) atoms. The summed E-state index contributed by atoms with van der Waals surface area (Å²) < 4.78 is 0. The number of nitrogens with one attached hydrogen (secondary N) is 2. The van der Waals surface area contributed by atoms with Crippen LogP contribution in [0.3, 0.4) is 0 Å². The number of carbonyl (C=O) groups is 3. The lowest BCUT2D eigenvalue weighted by atomic mass is 9.87. The van der Waals surface area contributed by atoms with E-state index in [0.717, 1.165) is 11.1 Å². The molecule has 2 rings (SSSR count). The van der Waals surface area contributed by atoms with Crippen LogP contribution in [0.5, 0.6) is 0 Å². The largest absolute Gasteiger partial charge is 0.396 e. The van der Waals surface area contributed by atoms with Gasteiger partial charge < -0.3 is 20.8 Å². The molecule has 160 valence electrons. The summed E-state index contributed by atoms with van der Waals surface area (Å²) in [6, 6.07) is 18.1. The maximum absolute atomic E-state index is 12.5. The van der Waals surface area contributed by atoms with E-state index < -0.39 is 35.2 Å². The first-order chi connectivity index (χ1) is 14.3. The third-order valence-electron chi connectivity index (χ3n) is 4.84. The molecule has 2 aromatic rings. The fourth-order valence-corrected chi connectivity index (χ4v) is 2.81. The minimum Gasteiger partial charge on any atom is -0.396 e. The van der Waals surface area contributed by atoms with Crippen molar-refractivity contribution in [2.24, 2.45) is 5.41 Å². The molecular weight excluding hydrogens is 384 g/mol. The minimum absolute atomic E-state index is 0.0923. The van der Waals surface area contributed by atoms with Crippen molar-refractivity contribution in [2.75, 3.05) is 13.2 Å². The maximum Gasteiger partial charge on any atom is 0.288 e. The van der Waals surface area contributed by atoms with Gasteiger partial charge in [0.15, 0.2) is 0 Å². The quantitative estimate of drug-likeness (QED) is 0.440. The molecule has 0 bridgehead atoms. The van der Waals surface area contributed by atoms with Crippen LogP contribution in [-0.2, 0) is 14.4 Å². The third kappa shape index (κ3) is 6.23. The van der Waals surface area contributed by atoms with E-state index in [1.165, 1.54) is 0 Å². The van der Waals surface area contributed by atoms with E-state index in [4.69, 9.17) is 0 Å². The Bertz CT molecular complexity index is 813. The Balaban J connectivity index is 1.96. The molecule has 0 heterocycles. The molecule has 0 unspecified atom stereocenters. The van der Waals surface area contributed by atoms with Crippen LogP contribution in [0.15, 0.2) is 60.7 Å². The highest BCUT2D eigenvalue weighted by Gasteiger charge is 2.33. The molecule has 4 N–H and O–H groups in total. The first kappa shape index (κ1) is 23.3. The van der Waals surface area contributed by atoms with Crippen molar-refractivity contribution in [3.05, 3.63) is 71.8 Å². The van der Waals surface area contributed by atoms with Crippen LogP contribution < -0.4 is 10.6 Å². The molecule has 0 saturated heterocycles. The summed E-state index contributed by atoms with van der Waals surface area (Å²) in [4.78, 5) is 36.7. The van der Waals surface area contributed by atoms with E-state index >= 15 is 0 Å². The lowest BCUT2D eigenvalue weighted by molar-refractivity contribution is -0.139. The van der Waals surface area contributed by atoms with Crippen molar-refractivity contribution in [1.82, 2.24) is 10.6 Å². The summed E-state index contributed by atoms with van der Waals surface area (Å²) in [5.74, 6) is -2.13. The second-order valence-electron chi connectivity index (χ2n) is 7.74. The maximum atomic E-state index is 12.5. The van der Waals surface area contributed by atoms with Crippen molar-refractivity contribution < 1.29 is 24.6 Å². The third-order valence-corrected chi connectivity index (χ3v) is 4.84. The minimum atomic E-state index is -1.42. The number of benzene rings is 2. The number of carbonyl (C=O) groups excluding carboxylic acids is 3. The molecule has 0 aliphatic rings. The molecule has 1 atom stereocenters. The monoisotopic (exact) mass is 412 g/mol. The highest BCUT2D eigenvalue weighted by Crippen LogP contribution is 2.22. The van der Waals surface area contributed by atoms with E-state index in [-0.39, 0.29) is 19.6 Å². The molecular formula is C23H28N2O5. The van der Waals surface area contributed by atoms with E-state index in [0.29, 0.717) is 0 Å². The van der Waals surface area contributed by atoms with E-state index in [9.17, 15) is 24.6 Å². The van der Waals surface area contributed by atoms with E-state index in [1.54, 1.807) is 13.8 Å². The Morgan fingerprint density at radius 1 is 0.933 bits per heavy atom. The molecule has 0 aliphatic heterocycles. The number of Topliss-reactive ketones (excluding diaryl/α,β-unsaturated/α-hetero) is 1. The van der Waals surface area contributed by atoms with Gasteiger partial charge in [0, 0.05) is 18.4 Å². The highest BCUT2D eigenvalue weighted by atomic mass is 16.3. The van der Waals surface area contributed by atoms with E-state index in [1.807, 2.05) is 60.7 Å². The van der Waals surface area contributed by atoms with Gasteiger partial charge in [0.2, 0.25) is 11.7 Å². The Labute approximate surface area is 176 Å². The summed E-state index contributed by atoms with van der Waals surface area (Å²) >= 11 is 0. The molecule has 2 amide bonds. The van der Waals surface area contributed by atoms with Crippen LogP contribution in [0.1, 0.15) is 37.4 Å². The summed E-state index contributed by atoms with van der Waals surface area (Å²) in [6.07, 6.45) is -1.63. The Morgan fingerprint density at radius 3 is 1.90 bits per heavy atom. The molecule has 7 nitrogen and oxygen atoms in total. The van der Waals surface area contributed by atoms with Gasteiger partial charge in [-0.3, -0.25) is 14.4 Å². The lowest BCUT2D eigenvalue weighted by Crippen LogP contribution is -2.46. The van der Waals surface area contributed by atoms with Crippen LogP contribution in [0.25, 0.3) is 0 Å². The number of hydrogen-bond donors (Lipinski definition) is 4. The number of hydrogen-bond acceptors (Lipinski definition) is 5. The Morgan fingerprint density at radius 2 is 1.43 bits per heavy atom. The molecule has 0 aliphatic carbocycles. The van der Waals surface area contributed by atoms with Crippen LogP contribution >= 0.6 is 0 Å². The first-order valence-electron chi connectivity index (χ1n) is 9.76. The molecule has 0 saturated carbocycles. The fraction of sp³-hybridized carbons (Fsp3) is 0.348. The number of amides is 2. The normalized spacial score (nSPS) is 12.3. The zero-order valence-electron chi connectivity index (χ0n) is 17.2. The number of ketones is 1. The molecule has 0 aromatic heterocycles. The first-order valence-corrected chi connectivity index (χ1v) is 9.76. The van der Waals surface area contributed by atoms with E-state index in [2.05, 4.69) is 10.6 Å². The van der Waals surface area contributed by atoms with Crippen molar-refractivity contribution in [2.45, 2.75) is 32.4 Å². The Hall–Kier alpha value is -3.03. The number of aliphatic hydroxyl groups is 2. The highest BCUT2D eigenvalue weighted by molar-refractivity contribution is 6.36. The Kier molecular flexibility index (Phi) is 8.26. The van der Waals surface area contributed by atoms with Crippen molar-refractivity contribution >= 4 is 17.6 Å². The van der Waals surface area contributed by atoms with Crippen LogP contribution in [0.4, 0.5) is 0 Å². The smallest absolute Gasteiger partial charge is 0.288 e. The summed E-state index contributed by atoms with van der Waals surface area (Å²) in [5.41, 5.74) is 0.671. The zero-order valence-corrected chi connectivity index (χ0v) is 17.2. The van der Waals surface area contributed by atoms with Crippen molar-refractivity contribution in [3.8, 4) is 0 Å². The second kappa shape index (κ2) is 10.7. The van der Waals surface area contributed by atoms with Gasteiger partial charge in [0.05, 0.1) is 12.6 Å². The zero-order chi connectivity index (χ0) is 22.1. The average molecular weight is 412 g/mol. The fourth-order valence-electron chi connectivity index (χ4n) is 2.81. The number of rotatable bonds is 10. The lowest BCUT2D eigenvalue weighted by Gasteiger charge is -2.27. The molecule has 0 spiro atoms. The van der Waals surface area contributed by atoms with Gasteiger partial charge >= 0.3 is 0 Å². The van der Waals surface area contributed by atoms with Crippen LogP contribution in [-0.4, -0.2) is 47.1 Å². The average Bonchev–Trinajstić information content (AvgIpc) is 2.77. The predicted octanol–water partition coefficient (Wildman–Crippen LogP) is 1.35. The number of aliphatic hydroxyl groups excluding tert-OH is 2. The summed E-state index contributed by atoms with van der Waals surface area (Å²) in [6.45, 7) is 2.63. The molecule has 0 fully saturated rings. The van der Waals surface area contributed by atoms with Gasteiger partial charge in [-0.25, -0.2) is 0 Å². The van der Waals surface area contributed by atoms with Gasteiger partial charge in [0.25, 0.3) is 5.91 Å². The predicted molar refractivity (Wildman–Crippen MR) is 112 cm³/mol. The van der Waals surface area contributed by atoms with Gasteiger partial charge in [0.1, 0.15) is 6.10 Å². The van der Waals surface area contributed by atoms with Gasteiger partial charge in [-0.1, -0.05) is 74.5 Å². The van der Waals surface area contributed by atoms with Gasteiger partial charge in [-0.15, -0.1) is 0 Å². The summed E-state index contributed by atoms with van der Waals surface area (Å²) in [5, 5.41) is 24.4. The van der Waals surface area contributed by atoms with Crippen LogP contribution in [0, 0.1) is 5.41 Å². The SMILES string of the molecule is CC(C)(CO)[C@@H](O)C(=O)NCCC(=O)C(=O)NC(c1ccccc1)c1ccccc1. The second-order valence-corrected chi connectivity index (χ2v) is 7.74. The topological polar surface area (TPSA) is 116 Å².